The van der Waals surface area contributed by atoms with Crippen LogP contribution in [0.3, 0.4) is 0 Å². The molecule has 40 heavy (non-hydrogen) atoms. The highest BCUT2D eigenvalue weighted by atomic mass is 16.5. The first-order valence-electron chi connectivity index (χ1n) is 13.6. The van der Waals surface area contributed by atoms with Crippen molar-refractivity contribution in [1.29, 1.82) is 0 Å². The maximum atomic E-state index is 14.0. The van der Waals surface area contributed by atoms with Gasteiger partial charge in [0.1, 0.15) is 11.6 Å². The van der Waals surface area contributed by atoms with Crippen LogP contribution in [0.25, 0.3) is 28.2 Å². The van der Waals surface area contributed by atoms with Gasteiger partial charge in [-0.2, -0.15) is 0 Å². The Labute approximate surface area is 231 Å². The van der Waals surface area contributed by atoms with Crippen molar-refractivity contribution in [2.45, 2.75) is 46.0 Å². The Bertz CT molecular complexity index is 1800. The van der Waals surface area contributed by atoms with Crippen molar-refractivity contribution >= 4 is 0 Å². The van der Waals surface area contributed by atoms with Crippen molar-refractivity contribution in [3.8, 4) is 34.0 Å². The highest BCUT2D eigenvalue weighted by Gasteiger charge is 2.19. The van der Waals surface area contributed by atoms with Gasteiger partial charge in [0.25, 0.3) is 5.56 Å². The Balaban J connectivity index is 1.36. The minimum atomic E-state index is -0.593. The average Bonchev–Trinajstić information content (AvgIpc) is 3.62. The number of rotatable bonds is 8. The molecule has 0 radical (unpaired) electrons. The summed E-state index contributed by atoms with van der Waals surface area (Å²) < 4.78 is 12.1. The van der Waals surface area contributed by atoms with Crippen molar-refractivity contribution in [2.24, 2.45) is 0 Å². The highest BCUT2D eigenvalue weighted by molar-refractivity contribution is 5.80. The number of hydrogen-bond acceptors (Lipinski definition) is 6. The molecule has 0 amide bonds. The second kappa shape index (κ2) is 10.8. The van der Waals surface area contributed by atoms with Crippen LogP contribution in [-0.2, 0) is 19.3 Å². The number of H-pyrrole nitrogens is 1. The number of aryl methyl sites for hydroxylation is 2. The average molecular weight is 535 g/mol. The molecule has 8 nitrogen and oxygen atoms in total. The molecule has 6 rings (SSSR count). The second-order valence-corrected chi connectivity index (χ2v) is 10.1. The summed E-state index contributed by atoms with van der Waals surface area (Å²) in [6.45, 7) is 4.72. The number of benzene rings is 3. The molecule has 8 heteroatoms. The van der Waals surface area contributed by atoms with E-state index in [0.717, 1.165) is 76.2 Å². The lowest BCUT2D eigenvalue weighted by Gasteiger charge is -2.16. The van der Waals surface area contributed by atoms with Crippen LogP contribution in [0.15, 0.2) is 80.8 Å². The van der Waals surface area contributed by atoms with E-state index in [4.69, 9.17) is 14.2 Å². The van der Waals surface area contributed by atoms with Gasteiger partial charge in [-0.3, -0.25) is 18.9 Å². The maximum Gasteiger partial charge on any atom is 0.439 e. The summed E-state index contributed by atoms with van der Waals surface area (Å²) in [7, 11) is 0. The van der Waals surface area contributed by atoms with Crippen LogP contribution in [0.4, 0.5) is 0 Å². The van der Waals surface area contributed by atoms with Crippen LogP contribution < -0.4 is 16.1 Å². The molecule has 5 aromatic rings. The van der Waals surface area contributed by atoms with E-state index >= 15 is 0 Å². The van der Waals surface area contributed by atoms with Gasteiger partial charge in [0.15, 0.2) is 5.82 Å². The van der Waals surface area contributed by atoms with Crippen molar-refractivity contribution < 1.29 is 9.26 Å². The predicted octanol–water partition coefficient (Wildman–Crippen LogP) is 5.42. The third-order valence-electron chi connectivity index (χ3n) is 7.40. The predicted molar refractivity (Wildman–Crippen MR) is 153 cm³/mol. The molecule has 0 aliphatic carbocycles. The van der Waals surface area contributed by atoms with Crippen LogP contribution in [-0.4, -0.2) is 26.3 Å². The Morgan fingerprint density at radius 3 is 2.55 bits per heavy atom. The zero-order valence-corrected chi connectivity index (χ0v) is 22.6. The molecule has 0 saturated heterocycles. The summed E-state index contributed by atoms with van der Waals surface area (Å²) in [6.07, 6.45) is 4.09. The van der Waals surface area contributed by atoms with E-state index in [1.54, 1.807) is 4.57 Å². The molecule has 0 spiro atoms. The second-order valence-electron chi connectivity index (χ2n) is 10.1. The molecule has 202 valence electrons. The summed E-state index contributed by atoms with van der Waals surface area (Å²) in [6, 6.07) is 21.8. The number of nitrogens with zero attached hydrogens (tertiary/aromatic N) is 3. The largest absolute Gasteiger partial charge is 0.493 e. The Kier molecular flexibility index (Phi) is 6.90. The Hall–Kier alpha value is -4.72. The van der Waals surface area contributed by atoms with Crippen LogP contribution >= 0.6 is 0 Å². The quantitative estimate of drug-likeness (QED) is 0.285. The maximum absolute atomic E-state index is 14.0. The molecule has 0 atom stereocenters. The van der Waals surface area contributed by atoms with E-state index in [1.807, 2.05) is 73.7 Å². The van der Waals surface area contributed by atoms with Crippen LogP contribution in [0.2, 0.25) is 0 Å². The third kappa shape index (κ3) is 4.88. The molecule has 0 fully saturated rings. The van der Waals surface area contributed by atoms with Crippen LogP contribution in [0, 0.1) is 6.92 Å². The van der Waals surface area contributed by atoms with E-state index < -0.39 is 5.76 Å². The minimum absolute atomic E-state index is 0.0260. The lowest BCUT2D eigenvalue weighted by atomic mass is 9.96. The molecule has 1 aliphatic heterocycles. The molecule has 3 aromatic carbocycles. The van der Waals surface area contributed by atoms with Crippen molar-refractivity contribution in [3.63, 3.8) is 0 Å². The number of hydrogen-bond donors (Lipinski definition) is 1. The third-order valence-corrected chi connectivity index (χ3v) is 7.40. The van der Waals surface area contributed by atoms with Crippen molar-refractivity contribution in [2.75, 3.05) is 6.61 Å². The van der Waals surface area contributed by atoms with E-state index in [1.165, 1.54) is 0 Å². The molecule has 2 aromatic heterocycles. The fourth-order valence-corrected chi connectivity index (χ4v) is 5.36. The minimum Gasteiger partial charge on any atom is -0.493 e. The normalized spacial score (nSPS) is 12.3. The summed E-state index contributed by atoms with van der Waals surface area (Å²) in [4.78, 5) is 33.1. The fraction of sp³-hybridized carbons (Fsp3) is 0.250. The number of nitrogens with one attached hydrogen (secondary N) is 1. The van der Waals surface area contributed by atoms with Gasteiger partial charge >= 0.3 is 5.76 Å². The molecular weight excluding hydrogens is 504 g/mol. The zero-order chi connectivity index (χ0) is 27.6. The summed E-state index contributed by atoms with van der Waals surface area (Å²) >= 11 is 0. The molecule has 0 bridgehead atoms. The first-order chi connectivity index (χ1) is 19.5. The van der Waals surface area contributed by atoms with Gasteiger partial charge in [-0.15, -0.1) is 0 Å². The number of fused-ring (bicyclic) bond motifs is 1. The zero-order valence-electron chi connectivity index (χ0n) is 22.6. The molecular formula is C32H30N4O4. The summed E-state index contributed by atoms with van der Waals surface area (Å²) in [5.41, 5.74) is 7.18. The van der Waals surface area contributed by atoms with E-state index in [0.29, 0.717) is 24.7 Å². The lowest BCUT2D eigenvalue weighted by molar-refractivity contribution is 0.357. The number of aromatic amines is 1. The van der Waals surface area contributed by atoms with Crippen LogP contribution in [0.1, 0.15) is 48.0 Å². The van der Waals surface area contributed by atoms with Gasteiger partial charge in [0, 0.05) is 24.0 Å². The van der Waals surface area contributed by atoms with Crippen molar-refractivity contribution in [3.05, 3.63) is 116 Å². The van der Waals surface area contributed by atoms with Gasteiger partial charge in [0.05, 0.1) is 18.0 Å². The van der Waals surface area contributed by atoms with Gasteiger partial charge in [-0.05, 0) is 60.2 Å². The fourth-order valence-electron chi connectivity index (χ4n) is 5.36. The molecule has 0 unspecified atom stereocenters. The van der Waals surface area contributed by atoms with Gasteiger partial charge in [0.2, 0.25) is 0 Å². The van der Waals surface area contributed by atoms with Crippen LogP contribution in [0.5, 0.6) is 5.75 Å². The topological polar surface area (TPSA) is 103 Å². The standard InChI is InChI=1S/C32H30N4O4/c1-3-4-9-28-27(31(37)36(20(2)33-28)24-14-15-29-23(19-24)16-17-39-29)18-21-10-12-22(13-11-21)25-7-5-6-8-26(25)30-34-32(38)40-35-30/h5-8,10-15,19H,3-4,9,16-18H2,1-2H3,(H,34,35,38). The van der Waals surface area contributed by atoms with E-state index in [2.05, 4.69) is 17.1 Å². The van der Waals surface area contributed by atoms with Crippen molar-refractivity contribution in [1.82, 2.24) is 19.7 Å². The lowest BCUT2D eigenvalue weighted by Crippen LogP contribution is -2.28. The summed E-state index contributed by atoms with van der Waals surface area (Å²) in [5.74, 6) is 1.37. The van der Waals surface area contributed by atoms with Gasteiger partial charge < -0.3 is 4.74 Å². The molecule has 1 aliphatic rings. The monoisotopic (exact) mass is 534 g/mol. The van der Waals surface area contributed by atoms with E-state index in [9.17, 15) is 9.59 Å². The molecule has 3 heterocycles. The summed E-state index contributed by atoms with van der Waals surface area (Å²) in [5, 5.41) is 3.85. The number of aromatic nitrogens is 4. The van der Waals surface area contributed by atoms with E-state index in [-0.39, 0.29) is 5.56 Å². The first kappa shape index (κ1) is 25.6. The number of unbranched alkanes of at least 4 members (excludes halogenated alkanes) is 1. The van der Waals surface area contributed by atoms with Gasteiger partial charge in [-0.25, -0.2) is 9.78 Å². The SMILES string of the molecule is CCCCc1nc(C)n(-c2ccc3c(c2)CCO3)c(=O)c1Cc1ccc(-c2ccccc2-c2noc(=O)[nH]2)cc1. The Morgan fingerprint density at radius 2 is 1.80 bits per heavy atom. The molecule has 0 saturated carbocycles. The smallest absolute Gasteiger partial charge is 0.439 e. The highest BCUT2D eigenvalue weighted by Crippen LogP contribution is 2.31. The Morgan fingerprint density at radius 1 is 1.00 bits per heavy atom. The number of ether oxygens (including phenoxy) is 1. The first-order valence-corrected chi connectivity index (χ1v) is 13.6. The van der Waals surface area contributed by atoms with Gasteiger partial charge in [-0.1, -0.05) is 67.0 Å². The molecule has 1 N–H and O–H groups in total.